The zero-order chi connectivity index (χ0) is 13.0. The summed E-state index contributed by atoms with van der Waals surface area (Å²) in [5.74, 6) is 0. The van der Waals surface area contributed by atoms with Crippen molar-refractivity contribution in [3.05, 3.63) is 47.5 Å². The smallest absolute Gasteiger partial charge is 0.0839 e. The molecule has 0 aliphatic carbocycles. The second-order valence-electron chi connectivity index (χ2n) is 4.53. The first-order valence-electron chi connectivity index (χ1n) is 6.36. The lowest BCUT2D eigenvalue weighted by Crippen LogP contribution is -2.24. The van der Waals surface area contributed by atoms with Gasteiger partial charge in [0.2, 0.25) is 0 Å². The van der Waals surface area contributed by atoms with Crippen LogP contribution >= 0.6 is 0 Å². The molecular formula is C14H20N4. The van der Waals surface area contributed by atoms with Crippen LogP contribution in [0.15, 0.2) is 30.6 Å². The highest BCUT2D eigenvalue weighted by Gasteiger charge is 2.15. The number of pyridine rings is 1. The number of aryl methyl sites for hydroxylation is 2. The maximum Gasteiger partial charge on any atom is 0.0839 e. The van der Waals surface area contributed by atoms with E-state index >= 15 is 0 Å². The Morgan fingerprint density at radius 1 is 1.33 bits per heavy atom. The predicted molar refractivity (Wildman–Crippen MR) is 72.3 cm³/mol. The SMILES string of the molecule is CCCNC(c1ccc(C)nc1)c1ccn(C)n1. The Balaban J connectivity index is 2.27. The third-order valence-electron chi connectivity index (χ3n) is 2.90. The first-order valence-corrected chi connectivity index (χ1v) is 6.36. The number of nitrogens with zero attached hydrogens (tertiary/aromatic N) is 3. The van der Waals surface area contributed by atoms with Gasteiger partial charge in [-0.1, -0.05) is 13.0 Å². The van der Waals surface area contributed by atoms with Gasteiger partial charge in [-0.25, -0.2) is 0 Å². The maximum absolute atomic E-state index is 4.49. The summed E-state index contributed by atoms with van der Waals surface area (Å²) in [5.41, 5.74) is 3.23. The van der Waals surface area contributed by atoms with Crippen molar-refractivity contribution in [2.24, 2.45) is 7.05 Å². The molecule has 1 atom stereocenters. The maximum atomic E-state index is 4.49. The van der Waals surface area contributed by atoms with Crippen LogP contribution in [0.2, 0.25) is 0 Å². The standard InChI is InChI=1S/C14H20N4/c1-4-8-15-14(13-7-9-18(3)17-13)12-6-5-11(2)16-10-12/h5-7,9-10,14-15H,4,8H2,1-3H3. The van der Waals surface area contributed by atoms with E-state index in [1.54, 1.807) is 0 Å². The van der Waals surface area contributed by atoms with Gasteiger partial charge in [0, 0.05) is 25.1 Å². The minimum atomic E-state index is 0.124. The van der Waals surface area contributed by atoms with Crippen molar-refractivity contribution < 1.29 is 0 Å². The molecule has 1 N–H and O–H groups in total. The molecule has 0 radical (unpaired) electrons. The number of hydrogen-bond donors (Lipinski definition) is 1. The summed E-state index contributed by atoms with van der Waals surface area (Å²) in [6.45, 7) is 5.13. The van der Waals surface area contributed by atoms with Gasteiger partial charge in [0.25, 0.3) is 0 Å². The minimum absolute atomic E-state index is 0.124. The van der Waals surface area contributed by atoms with Gasteiger partial charge >= 0.3 is 0 Å². The zero-order valence-corrected chi connectivity index (χ0v) is 11.2. The molecule has 4 heteroatoms. The van der Waals surface area contributed by atoms with Crippen LogP contribution < -0.4 is 5.32 Å². The molecule has 2 heterocycles. The first-order chi connectivity index (χ1) is 8.70. The topological polar surface area (TPSA) is 42.7 Å². The summed E-state index contributed by atoms with van der Waals surface area (Å²) in [5, 5.41) is 8.01. The largest absolute Gasteiger partial charge is 0.305 e. The molecule has 96 valence electrons. The van der Waals surface area contributed by atoms with Gasteiger partial charge in [0.15, 0.2) is 0 Å². The van der Waals surface area contributed by atoms with Crippen molar-refractivity contribution in [3.8, 4) is 0 Å². The molecule has 0 fully saturated rings. The molecular weight excluding hydrogens is 224 g/mol. The van der Waals surface area contributed by atoms with Gasteiger partial charge in [-0.15, -0.1) is 0 Å². The summed E-state index contributed by atoms with van der Waals surface area (Å²) >= 11 is 0. The normalized spacial score (nSPS) is 12.6. The van der Waals surface area contributed by atoms with Gasteiger partial charge in [-0.2, -0.15) is 5.10 Å². The fraction of sp³-hybridized carbons (Fsp3) is 0.429. The second kappa shape index (κ2) is 5.78. The predicted octanol–water partition coefficient (Wildman–Crippen LogP) is 2.21. The minimum Gasteiger partial charge on any atom is -0.305 e. The Labute approximate surface area is 108 Å². The Hall–Kier alpha value is -1.68. The Bertz CT molecular complexity index is 487. The highest BCUT2D eigenvalue weighted by Crippen LogP contribution is 2.19. The number of hydrogen-bond acceptors (Lipinski definition) is 3. The number of nitrogens with one attached hydrogen (secondary N) is 1. The lowest BCUT2D eigenvalue weighted by Gasteiger charge is -2.16. The molecule has 2 rings (SSSR count). The van der Waals surface area contributed by atoms with E-state index in [9.17, 15) is 0 Å². The van der Waals surface area contributed by atoms with Gasteiger partial charge in [-0.3, -0.25) is 9.67 Å². The van der Waals surface area contributed by atoms with E-state index in [0.29, 0.717) is 0 Å². The Morgan fingerprint density at radius 2 is 2.17 bits per heavy atom. The van der Waals surface area contributed by atoms with E-state index in [-0.39, 0.29) is 6.04 Å². The summed E-state index contributed by atoms with van der Waals surface area (Å²) in [6, 6.07) is 6.33. The van der Waals surface area contributed by atoms with Crippen LogP contribution in [0.3, 0.4) is 0 Å². The molecule has 4 nitrogen and oxygen atoms in total. The van der Waals surface area contributed by atoms with E-state index in [4.69, 9.17) is 0 Å². The van der Waals surface area contributed by atoms with E-state index < -0.39 is 0 Å². The third-order valence-corrected chi connectivity index (χ3v) is 2.90. The van der Waals surface area contributed by atoms with Crippen LogP contribution in [-0.2, 0) is 7.05 Å². The first kappa shape index (κ1) is 12.8. The van der Waals surface area contributed by atoms with Crippen LogP contribution in [0, 0.1) is 6.92 Å². The van der Waals surface area contributed by atoms with E-state index in [1.807, 2.05) is 43.2 Å². The molecule has 0 amide bonds. The molecule has 0 bridgehead atoms. The quantitative estimate of drug-likeness (QED) is 0.877. The van der Waals surface area contributed by atoms with Crippen molar-refractivity contribution in [2.75, 3.05) is 6.54 Å². The molecule has 0 spiro atoms. The van der Waals surface area contributed by atoms with Crippen LogP contribution in [0.5, 0.6) is 0 Å². The van der Waals surface area contributed by atoms with Crippen LogP contribution in [0.4, 0.5) is 0 Å². The Morgan fingerprint density at radius 3 is 2.72 bits per heavy atom. The molecule has 0 aliphatic heterocycles. The van der Waals surface area contributed by atoms with Gasteiger partial charge in [0.05, 0.1) is 11.7 Å². The summed E-state index contributed by atoms with van der Waals surface area (Å²) in [6.07, 6.45) is 5.00. The number of aromatic nitrogens is 3. The van der Waals surface area contributed by atoms with E-state index in [2.05, 4.69) is 28.4 Å². The molecule has 2 aromatic rings. The fourth-order valence-corrected chi connectivity index (χ4v) is 1.92. The van der Waals surface area contributed by atoms with Crippen molar-refractivity contribution >= 4 is 0 Å². The summed E-state index contributed by atoms with van der Waals surface area (Å²) < 4.78 is 1.83. The van der Waals surface area contributed by atoms with Crippen molar-refractivity contribution in [3.63, 3.8) is 0 Å². The second-order valence-corrected chi connectivity index (χ2v) is 4.53. The average Bonchev–Trinajstić information content (AvgIpc) is 2.78. The van der Waals surface area contributed by atoms with Crippen LogP contribution in [0.1, 0.15) is 36.3 Å². The number of rotatable bonds is 5. The molecule has 0 saturated carbocycles. The monoisotopic (exact) mass is 244 g/mol. The van der Waals surface area contributed by atoms with Crippen LogP contribution in [-0.4, -0.2) is 21.3 Å². The highest BCUT2D eigenvalue weighted by atomic mass is 15.3. The molecule has 2 aromatic heterocycles. The molecule has 1 unspecified atom stereocenters. The van der Waals surface area contributed by atoms with Gasteiger partial charge < -0.3 is 5.32 Å². The van der Waals surface area contributed by atoms with Crippen molar-refractivity contribution in [1.29, 1.82) is 0 Å². The zero-order valence-electron chi connectivity index (χ0n) is 11.2. The highest BCUT2D eigenvalue weighted by molar-refractivity contribution is 5.25. The van der Waals surface area contributed by atoms with E-state index in [0.717, 1.165) is 29.9 Å². The van der Waals surface area contributed by atoms with Gasteiger partial charge in [-0.05, 0) is 37.6 Å². The lowest BCUT2D eigenvalue weighted by atomic mass is 10.1. The fourth-order valence-electron chi connectivity index (χ4n) is 1.92. The van der Waals surface area contributed by atoms with Crippen molar-refractivity contribution in [2.45, 2.75) is 26.3 Å². The molecule has 0 saturated heterocycles. The van der Waals surface area contributed by atoms with Gasteiger partial charge in [0.1, 0.15) is 0 Å². The third kappa shape index (κ3) is 2.96. The Kier molecular flexibility index (Phi) is 4.10. The summed E-state index contributed by atoms with van der Waals surface area (Å²) in [7, 11) is 1.94. The molecule has 18 heavy (non-hydrogen) atoms. The summed E-state index contributed by atoms with van der Waals surface area (Å²) in [4.78, 5) is 4.37. The van der Waals surface area contributed by atoms with Crippen LogP contribution in [0.25, 0.3) is 0 Å². The van der Waals surface area contributed by atoms with E-state index in [1.165, 1.54) is 0 Å². The lowest BCUT2D eigenvalue weighted by molar-refractivity contribution is 0.574. The molecule has 0 aromatic carbocycles. The average molecular weight is 244 g/mol. The molecule has 0 aliphatic rings. The van der Waals surface area contributed by atoms with Crippen molar-refractivity contribution in [1.82, 2.24) is 20.1 Å².